The van der Waals surface area contributed by atoms with Crippen LogP contribution >= 0.6 is 11.3 Å². The van der Waals surface area contributed by atoms with E-state index in [1.165, 1.54) is 19.3 Å². The van der Waals surface area contributed by atoms with Crippen LogP contribution < -0.4 is 10.6 Å². The number of urea groups is 1. The zero-order chi connectivity index (χ0) is 15.2. The number of nitrogens with one attached hydrogen (secondary N) is 2. The molecule has 1 aliphatic carbocycles. The highest BCUT2D eigenvalue weighted by atomic mass is 32.1. The van der Waals surface area contributed by atoms with Crippen LogP contribution in [0.5, 0.6) is 0 Å². The highest BCUT2D eigenvalue weighted by Crippen LogP contribution is 2.19. The summed E-state index contributed by atoms with van der Waals surface area (Å²) in [4.78, 5) is 11.8. The summed E-state index contributed by atoms with van der Waals surface area (Å²) in [6.45, 7) is 1.27. The number of hydrogen-bond acceptors (Lipinski definition) is 3. The van der Waals surface area contributed by atoms with Crippen LogP contribution in [-0.4, -0.2) is 28.4 Å². The molecule has 0 saturated heterocycles. The van der Waals surface area contributed by atoms with Gasteiger partial charge in [0, 0.05) is 29.7 Å². The quantitative estimate of drug-likeness (QED) is 0.889. The Balaban J connectivity index is 1.40. The first kappa shape index (κ1) is 15.1. The topological polar surface area (TPSA) is 59.0 Å². The van der Waals surface area contributed by atoms with E-state index in [1.807, 2.05) is 22.3 Å². The molecule has 1 fully saturated rings. The number of nitrogens with zero attached hydrogens (tertiary/aromatic N) is 2. The summed E-state index contributed by atoms with van der Waals surface area (Å²) in [6.07, 6.45) is 7.92. The minimum absolute atomic E-state index is 0.0582. The molecule has 1 saturated carbocycles. The number of amides is 2. The maximum Gasteiger partial charge on any atom is 0.315 e. The van der Waals surface area contributed by atoms with Gasteiger partial charge in [0.1, 0.15) is 0 Å². The lowest BCUT2D eigenvalue weighted by atomic mass is 9.96. The van der Waals surface area contributed by atoms with Crippen LogP contribution in [0.1, 0.15) is 32.1 Å². The predicted molar refractivity (Wildman–Crippen MR) is 88.9 cm³/mol. The Kier molecular flexibility index (Phi) is 5.11. The van der Waals surface area contributed by atoms with E-state index in [4.69, 9.17) is 0 Å². The highest BCUT2D eigenvalue weighted by Gasteiger charge is 2.15. The van der Waals surface area contributed by atoms with E-state index in [0.29, 0.717) is 19.1 Å². The minimum Gasteiger partial charge on any atom is -0.336 e. The molecule has 118 valence electrons. The molecule has 2 heterocycles. The molecule has 3 rings (SSSR count). The Morgan fingerprint density at radius 3 is 2.95 bits per heavy atom. The van der Waals surface area contributed by atoms with E-state index in [2.05, 4.69) is 27.2 Å². The first-order chi connectivity index (χ1) is 10.8. The Labute approximate surface area is 134 Å². The van der Waals surface area contributed by atoms with E-state index in [-0.39, 0.29) is 6.03 Å². The van der Waals surface area contributed by atoms with Gasteiger partial charge in [-0.2, -0.15) is 16.4 Å². The third-order valence-electron chi connectivity index (χ3n) is 4.02. The van der Waals surface area contributed by atoms with E-state index < -0.39 is 0 Å². The van der Waals surface area contributed by atoms with Gasteiger partial charge in [0.2, 0.25) is 0 Å². The average molecular weight is 318 g/mol. The molecule has 5 nitrogen and oxygen atoms in total. The molecule has 22 heavy (non-hydrogen) atoms. The number of rotatable bonds is 5. The third-order valence-corrected chi connectivity index (χ3v) is 4.71. The van der Waals surface area contributed by atoms with Gasteiger partial charge < -0.3 is 10.6 Å². The zero-order valence-corrected chi connectivity index (χ0v) is 13.4. The van der Waals surface area contributed by atoms with Gasteiger partial charge in [0.05, 0.1) is 12.2 Å². The van der Waals surface area contributed by atoms with E-state index in [1.54, 1.807) is 11.3 Å². The van der Waals surface area contributed by atoms with Gasteiger partial charge in [0.15, 0.2) is 0 Å². The van der Waals surface area contributed by atoms with Gasteiger partial charge >= 0.3 is 6.03 Å². The van der Waals surface area contributed by atoms with Gasteiger partial charge in [-0.25, -0.2) is 4.79 Å². The van der Waals surface area contributed by atoms with Gasteiger partial charge in [-0.15, -0.1) is 0 Å². The summed E-state index contributed by atoms with van der Waals surface area (Å²) in [7, 11) is 0. The number of aromatic nitrogens is 2. The van der Waals surface area contributed by atoms with Crippen molar-refractivity contribution in [1.29, 1.82) is 0 Å². The molecular formula is C16H22N4OS. The van der Waals surface area contributed by atoms with Crippen LogP contribution in [0.3, 0.4) is 0 Å². The van der Waals surface area contributed by atoms with Crippen molar-refractivity contribution in [3.8, 4) is 11.3 Å². The average Bonchev–Trinajstić information content (AvgIpc) is 3.19. The summed E-state index contributed by atoms with van der Waals surface area (Å²) in [5.74, 6) is 0. The lowest BCUT2D eigenvalue weighted by molar-refractivity contribution is 0.232. The SMILES string of the molecule is O=C(NCCn1ccc(-c2ccsc2)n1)NC1CCCCC1. The first-order valence-electron chi connectivity index (χ1n) is 7.91. The molecule has 0 aliphatic heterocycles. The second-order valence-corrected chi connectivity index (χ2v) is 6.49. The van der Waals surface area contributed by atoms with E-state index >= 15 is 0 Å². The summed E-state index contributed by atoms with van der Waals surface area (Å²) in [5.41, 5.74) is 2.12. The number of hydrogen-bond donors (Lipinski definition) is 2. The number of carbonyl (C=O) groups is 1. The second-order valence-electron chi connectivity index (χ2n) is 5.71. The van der Waals surface area contributed by atoms with Crippen LogP contribution in [0.2, 0.25) is 0 Å². The van der Waals surface area contributed by atoms with Gasteiger partial charge in [-0.3, -0.25) is 4.68 Å². The molecule has 0 radical (unpaired) electrons. The van der Waals surface area contributed by atoms with E-state index in [0.717, 1.165) is 24.1 Å². The van der Waals surface area contributed by atoms with Gasteiger partial charge in [-0.05, 0) is 30.4 Å². The molecule has 2 N–H and O–H groups in total. The fourth-order valence-corrected chi connectivity index (χ4v) is 3.47. The van der Waals surface area contributed by atoms with Crippen LogP contribution in [0.25, 0.3) is 11.3 Å². The molecule has 1 aliphatic rings. The van der Waals surface area contributed by atoms with Gasteiger partial charge in [0.25, 0.3) is 0 Å². The van der Waals surface area contributed by atoms with Crippen molar-refractivity contribution in [2.75, 3.05) is 6.54 Å². The van der Waals surface area contributed by atoms with Crippen molar-refractivity contribution < 1.29 is 4.79 Å². The van der Waals surface area contributed by atoms with Crippen LogP contribution in [-0.2, 0) is 6.54 Å². The smallest absolute Gasteiger partial charge is 0.315 e. The minimum atomic E-state index is -0.0582. The first-order valence-corrected chi connectivity index (χ1v) is 8.86. The standard InChI is InChI=1S/C16H22N4OS/c21-16(18-14-4-2-1-3-5-14)17-8-10-20-9-6-15(19-20)13-7-11-22-12-13/h6-7,9,11-12,14H,1-5,8,10H2,(H2,17,18,21). The monoisotopic (exact) mass is 318 g/mol. The predicted octanol–water partition coefficient (Wildman–Crippen LogP) is 3.24. The largest absolute Gasteiger partial charge is 0.336 e. The number of carbonyl (C=O) groups excluding carboxylic acids is 1. The Morgan fingerprint density at radius 2 is 2.18 bits per heavy atom. The molecule has 0 atom stereocenters. The molecule has 2 aromatic rings. The normalized spacial score (nSPS) is 15.6. The third kappa shape index (κ3) is 4.10. The molecule has 2 amide bonds. The van der Waals surface area contributed by atoms with Crippen molar-refractivity contribution in [3.05, 3.63) is 29.1 Å². The Morgan fingerprint density at radius 1 is 1.32 bits per heavy atom. The molecule has 0 spiro atoms. The maximum atomic E-state index is 11.8. The molecule has 0 unspecified atom stereocenters. The maximum absolute atomic E-state index is 11.8. The van der Waals surface area contributed by atoms with Crippen molar-refractivity contribution >= 4 is 17.4 Å². The van der Waals surface area contributed by atoms with E-state index in [9.17, 15) is 4.79 Å². The zero-order valence-electron chi connectivity index (χ0n) is 12.6. The summed E-state index contributed by atoms with van der Waals surface area (Å²) in [5, 5.41) is 14.6. The highest BCUT2D eigenvalue weighted by molar-refractivity contribution is 7.08. The van der Waals surface area contributed by atoms with Crippen molar-refractivity contribution in [2.24, 2.45) is 0 Å². The van der Waals surface area contributed by atoms with Gasteiger partial charge in [-0.1, -0.05) is 19.3 Å². The molecule has 2 aromatic heterocycles. The fourth-order valence-electron chi connectivity index (χ4n) is 2.82. The molecule has 0 bridgehead atoms. The Bertz CT molecular complexity index is 587. The summed E-state index contributed by atoms with van der Waals surface area (Å²) >= 11 is 1.67. The molecule has 6 heteroatoms. The fraction of sp³-hybridized carbons (Fsp3) is 0.500. The lowest BCUT2D eigenvalue weighted by Gasteiger charge is -2.22. The summed E-state index contributed by atoms with van der Waals surface area (Å²) in [6, 6.07) is 4.36. The van der Waals surface area contributed by atoms with Crippen LogP contribution in [0, 0.1) is 0 Å². The van der Waals surface area contributed by atoms with Crippen molar-refractivity contribution in [2.45, 2.75) is 44.7 Å². The summed E-state index contributed by atoms with van der Waals surface area (Å²) < 4.78 is 1.87. The van der Waals surface area contributed by atoms with Crippen molar-refractivity contribution in [3.63, 3.8) is 0 Å². The van der Waals surface area contributed by atoms with Crippen LogP contribution in [0.15, 0.2) is 29.1 Å². The molecule has 0 aromatic carbocycles. The van der Waals surface area contributed by atoms with Crippen LogP contribution in [0.4, 0.5) is 4.79 Å². The second kappa shape index (κ2) is 7.45. The Hall–Kier alpha value is -1.82. The lowest BCUT2D eigenvalue weighted by Crippen LogP contribution is -2.43. The van der Waals surface area contributed by atoms with Crippen molar-refractivity contribution in [1.82, 2.24) is 20.4 Å². The number of thiophene rings is 1. The molecular weight excluding hydrogens is 296 g/mol.